The van der Waals surface area contributed by atoms with E-state index in [9.17, 15) is 5.11 Å². The summed E-state index contributed by atoms with van der Waals surface area (Å²) in [5.41, 5.74) is 4.90. The van der Waals surface area contributed by atoms with Crippen LogP contribution in [0.2, 0.25) is 10.0 Å². The summed E-state index contributed by atoms with van der Waals surface area (Å²) in [6, 6.07) is 24.0. The Morgan fingerprint density at radius 2 is 1.44 bits per heavy atom. The second-order valence-corrected chi connectivity index (χ2v) is 11.0. The lowest BCUT2D eigenvalue weighted by molar-refractivity contribution is 0.478. The minimum absolute atomic E-state index is 0.117. The number of hydrogen-bond acceptors (Lipinski definition) is 3. The van der Waals surface area contributed by atoms with Crippen molar-refractivity contribution in [1.29, 1.82) is 0 Å². The first-order valence-electron chi connectivity index (χ1n) is 11.0. The molecule has 1 aromatic heterocycles. The molecule has 0 saturated heterocycles. The number of nitrogens with zero attached hydrogens (tertiary/aromatic N) is 1. The Morgan fingerprint density at radius 1 is 0.794 bits per heavy atom. The Kier molecular flexibility index (Phi) is 5.89. The first-order chi connectivity index (χ1) is 16.2. The summed E-state index contributed by atoms with van der Waals surface area (Å²) in [5.74, 6) is 0.218. The van der Waals surface area contributed by atoms with E-state index in [4.69, 9.17) is 28.2 Å². The van der Waals surface area contributed by atoms with E-state index < -0.39 is 0 Å². The van der Waals surface area contributed by atoms with Gasteiger partial charge in [0, 0.05) is 16.5 Å². The molecule has 0 saturated carbocycles. The van der Waals surface area contributed by atoms with Crippen LogP contribution in [0.5, 0.6) is 5.75 Å². The Labute approximate surface area is 213 Å². The third-order valence-corrected chi connectivity index (χ3v) is 7.51. The van der Waals surface area contributed by atoms with Gasteiger partial charge in [-0.15, -0.1) is 11.3 Å². The number of aromatic hydroxyl groups is 1. The molecule has 34 heavy (non-hydrogen) atoms. The number of halogens is 2. The predicted octanol–water partition coefficient (Wildman–Crippen LogP) is 9.61. The van der Waals surface area contributed by atoms with Crippen LogP contribution >= 0.6 is 34.5 Å². The van der Waals surface area contributed by atoms with Crippen molar-refractivity contribution in [3.05, 3.63) is 93.8 Å². The maximum atomic E-state index is 11.5. The van der Waals surface area contributed by atoms with E-state index >= 15 is 0 Å². The van der Waals surface area contributed by atoms with Crippen molar-refractivity contribution >= 4 is 45.3 Å². The van der Waals surface area contributed by atoms with Crippen molar-refractivity contribution in [3.63, 3.8) is 0 Å². The second-order valence-electron chi connectivity index (χ2n) is 9.33. The van der Waals surface area contributed by atoms with Crippen LogP contribution in [-0.4, -0.2) is 10.1 Å². The average molecular weight is 504 g/mol. The molecular formula is C29H23Cl2NOS. The molecule has 5 aromatic rings. The molecule has 170 valence electrons. The highest BCUT2D eigenvalue weighted by Crippen LogP contribution is 2.45. The molecule has 0 fully saturated rings. The van der Waals surface area contributed by atoms with Crippen molar-refractivity contribution in [2.45, 2.75) is 26.2 Å². The molecule has 4 aromatic carbocycles. The van der Waals surface area contributed by atoms with Crippen LogP contribution in [0.4, 0.5) is 0 Å². The fourth-order valence-corrected chi connectivity index (χ4v) is 5.57. The fraction of sp³-hybridized carbons (Fsp3) is 0.138. The standard InChI is InChI=1S/C29H23Cl2NOS/c1-29(2,3)18-14-21(20-11-6-9-17-8-4-5-10-19(17)20)27(33)22(15-18)28-32-25(16-34-28)26-23(30)12-7-13-24(26)31/h4-16,33H,1-3H3. The first kappa shape index (κ1) is 22.9. The van der Waals surface area contributed by atoms with Gasteiger partial charge in [-0.1, -0.05) is 92.5 Å². The lowest BCUT2D eigenvalue weighted by Gasteiger charge is -2.22. The third-order valence-electron chi connectivity index (χ3n) is 6.01. The molecule has 0 amide bonds. The van der Waals surface area contributed by atoms with Crippen LogP contribution in [0, 0.1) is 0 Å². The van der Waals surface area contributed by atoms with Crippen molar-refractivity contribution in [3.8, 4) is 38.7 Å². The van der Waals surface area contributed by atoms with Crippen LogP contribution in [0.15, 0.2) is 78.2 Å². The van der Waals surface area contributed by atoms with Gasteiger partial charge in [-0.05, 0) is 51.6 Å². The second kappa shape index (κ2) is 8.74. The van der Waals surface area contributed by atoms with Gasteiger partial charge in [0.15, 0.2) is 0 Å². The lowest BCUT2D eigenvalue weighted by atomic mass is 9.83. The quantitative estimate of drug-likeness (QED) is 0.265. The van der Waals surface area contributed by atoms with Gasteiger partial charge in [-0.25, -0.2) is 4.98 Å². The Bertz CT molecular complexity index is 1510. The van der Waals surface area contributed by atoms with Gasteiger partial charge in [0.1, 0.15) is 10.8 Å². The van der Waals surface area contributed by atoms with Crippen molar-refractivity contribution < 1.29 is 5.11 Å². The van der Waals surface area contributed by atoms with E-state index in [-0.39, 0.29) is 11.2 Å². The highest BCUT2D eigenvalue weighted by Gasteiger charge is 2.23. The highest BCUT2D eigenvalue weighted by atomic mass is 35.5. The van der Waals surface area contributed by atoms with Crippen LogP contribution in [-0.2, 0) is 5.41 Å². The van der Waals surface area contributed by atoms with Gasteiger partial charge in [0.05, 0.1) is 21.3 Å². The normalized spacial score (nSPS) is 11.8. The summed E-state index contributed by atoms with van der Waals surface area (Å²) < 4.78 is 0. The van der Waals surface area contributed by atoms with E-state index in [1.165, 1.54) is 11.3 Å². The van der Waals surface area contributed by atoms with Crippen LogP contribution < -0.4 is 0 Å². The molecule has 0 unspecified atom stereocenters. The molecule has 0 aliphatic heterocycles. The third kappa shape index (κ3) is 4.09. The molecule has 2 nitrogen and oxygen atoms in total. The van der Waals surface area contributed by atoms with E-state index in [0.29, 0.717) is 26.9 Å². The van der Waals surface area contributed by atoms with E-state index in [1.54, 1.807) is 12.1 Å². The summed E-state index contributed by atoms with van der Waals surface area (Å²) in [5, 5.41) is 17.5. The Balaban J connectivity index is 1.74. The van der Waals surface area contributed by atoms with Gasteiger partial charge in [0.25, 0.3) is 0 Å². The van der Waals surface area contributed by atoms with E-state index in [0.717, 1.165) is 32.5 Å². The molecule has 0 atom stereocenters. The molecule has 1 heterocycles. The van der Waals surface area contributed by atoms with Gasteiger partial charge in [-0.3, -0.25) is 0 Å². The minimum Gasteiger partial charge on any atom is -0.507 e. The van der Waals surface area contributed by atoms with Crippen LogP contribution in [0.3, 0.4) is 0 Å². The molecule has 5 rings (SSSR count). The number of rotatable bonds is 3. The monoisotopic (exact) mass is 503 g/mol. The first-order valence-corrected chi connectivity index (χ1v) is 12.6. The topological polar surface area (TPSA) is 33.1 Å². The Morgan fingerprint density at radius 3 is 2.18 bits per heavy atom. The number of hydrogen-bond donors (Lipinski definition) is 1. The molecule has 0 radical (unpaired) electrons. The molecular weight excluding hydrogens is 481 g/mol. The summed E-state index contributed by atoms with van der Waals surface area (Å²) in [4.78, 5) is 4.84. The maximum absolute atomic E-state index is 11.5. The highest BCUT2D eigenvalue weighted by molar-refractivity contribution is 7.13. The Hall–Kier alpha value is -2.85. The van der Waals surface area contributed by atoms with Gasteiger partial charge >= 0.3 is 0 Å². The molecule has 0 aliphatic carbocycles. The predicted molar refractivity (Wildman–Crippen MR) is 146 cm³/mol. The van der Waals surface area contributed by atoms with Gasteiger partial charge in [-0.2, -0.15) is 0 Å². The number of thiazole rings is 1. The van der Waals surface area contributed by atoms with Crippen molar-refractivity contribution in [2.24, 2.45) is 0 Å². The lowest BCUT2D eigenvalue weighted by Crippen LogP contribution is -2.11. The van der Waals surface area contributed by atoms with Crippen LogP contribution in [0.1, 0.15) is 26.3 Å². The van der Waals surface area contributed by atoms with E-state index in [1.807, 2.05) is 35.7 Å². The molecule has 0 bridgehead atoms. The van der Waals surface area contributed by atoms with Crippen molar-refractivity contribution in [2.75, 3.05) is 0 Å². The molecule has 5 heteroatoms. The smallest absolute Gasteiger partial charge is 0.133 e. The fourth-order valence-electron chi connectivity index (χ4n) is 4.15. The summed E-state index contributed by atoms with van der Waals surface area (Å²) in [7, 11) is 0. The molecule has 0 aliphatic rings. The number of benzene rings is 4. The number of phenols is 1. The summed E-state index contributed by atoms with van der Waals surface area (Å²) >= 11 is 14.3. The number of fused-ring (bicyclic) bond motifs is 1. The van der Waals surface area contributed by atoms with Crippen LogP contribution in [0.25, 0.3) is 43.7 Å². The zero-order valence-corrected chi connectivity index (χ0v) is 21.4. The number of aromatic nitrogens is 1. The number of phenolic OH excluding ortho intramolecular Hbond substituents is 1. The van der Waals surface area contributed by atoms with Gasteiger partial charge < -0.3 is 5.11 Å². The molecule has 1 N–H and O–H groups in total. The summed E-state index contributed by atoms with van der Waals surface area (Å²) in [6.45, 7) is 6.52. The maximum Gasteiger partial charge on any atom is 0.133 e. The van der Waals surface area contributed by atoms with E-state index in [2.05, 4.69) is 51.1 Å². The largest absolute Gasteiger partial charge is 0.507 e. The summed E-state index contributed by atoms with van der Waals surface area (Å²) in [6.07, 6.45) is 0. The average Bonchev–Trinajstić information content (AvgIpc) is 3.27. The van der Waals surface area contributed by atoms with Gasteiger partial charge in [0.2, 0.25) is 0 Å². The zero-order chi connectivity index (χ0) is 24.0. The zero-order valence-electron chi connectivity index (χ0n) is 19.1. The van der Waals surface area contributed by atoms with Crippen molar-refractivity contribution in [1.82, 2.24) is 4.98 Å². The SMILES string of the molecule is CC(C)(C)c1cc(-c2nc(-c3c(Cl)cccc3Cl)cs2)c(O)c(-c2cccc3ccccc23)c1. The molecule has 0 spiro atoms. The minimum atomic E-state index is -0.117.